The van der Waals surface area contributed by atoms with Crippen LogP contribution >= 0.6 is 0 Å². The first-order chi connectivity index (χ1) is 14.2. The number of carbonyl (C=O) groups excluding carboxylic acids is 1. The number of aromatic nitrogens is 2. The third kappa shape index (κ3) is 4.30. The highest BCUT2D eigenvalue weighted by atomic mass is 16.5. The third-order valence-electron chi connectivity index (χ3n) is 4.84. The minimum Gasteiger partial charge on any atom is -0.476 e. The van der Waals surface area contributed by atoms with E-state index in [4.69, 9.17) is 9.47 Å². The third-order valence-corrected chi connectivity index (χ3v) is 4.84. The van der Waals surface area contributed by atoms with Gasteiger partial charge in [0.05, 0.1) is 6.61 Å². The fourth-order valence-electron chi connectivity index (χ4n) is 2.99. The van der Waals surface area contributed by atoms with Crippen LogP contribution in [0.25, 0.3) is 11.7 Å². The summed E-state index contributed by atoms with van der Waals surface area (Å²) in [6.07, 6.45) is 5.66. The Morgan fingerprint density at radius 3 is 2.79 bits per heavy atom. The van der Waals surface area contributed by atoms with Crippen molar-refractivity contribution in [1.29, 1.82) is 5.26 Å². The zero-order valence-corrected chi connectivity index (χ0v) is 16.2. The van der Waals surface area contributed by atoms with E-state index in [-0.39, 0.29) is 12.2 Å². The molecule has 0 N–H and O–H groups in total. The van der Waals surface area contributed by atoms with Crippen molar-refractivity contribution in [3.05, 3.63) is 71.1 Å². The Morgan fingerprint density at radius 2 is 2.07 bits per heavy atom. The first-order valence-electron chi connectivity index (χ1n) is 9.59. The van der Waals surface area contributed by atoms with Crippen molar-refractivity contribution >= 4 is 17.7 Å². The van der Waals surface area contributed by atoms with Gasteiger partial charge in [0.25, 0.3) is 0 Å². The molecular weight excluding hydrogens is 366 g/mol. The summed E-state index contributed by atoms with van der Waals surface area (Å²) in [7, 11) is 0. The molecule has 0 saturated heterocycles. The van der Waals surface area contributed by atoms with E-state index in [2.05, 4.69) is 4.98 Å². The minimum atomic E-state index is -0.674. The minimum absolute atomic E-state index is 0.0968. The molecular formula is C23H21N3O3. The van der Waals surface area contributed by atoms with Gasteiger partial charge in [0.1, 0.15) is 29.6 Å². The van der Waals surface area contributed by atoms with E-state index >= 15 is 0 Å². The number of ether oxygens (including phenoxy) is 2. The van der Waals surface area contributed by atoms with Crippen LogP contribution in [-0.4, -0.2) is 22.0 Å². The number of pyridine rings is 1. The van der Waals surface area contributed by atoms with Crippen LogP contribution in [0.2, 0.25) is 0 Å². The van der Waals surface area contributed by atoms with E-state index in [1.165, 1.54) is 6.08 Å². The summed E-state index contributed by atoms with van der Waals surface area (Å²) in [5, 5.41) is 9.55. The number of carbonyl (C=O) groups is 1. The van der Waals surface area contributed by atoms with Gasteiger partial charge in [-0.15, -0.1) is 0 Å². The first kappa shape index (κ1) is 18.8. The van der Waals surface area contributed by atoms with E-state index in [0.29, 0.717) is 24.1 Å². The molecule has 0 bridgehead atoms. The lowest BCUT2D eigenvalue weighted by molar-refractivity contribution is -0.139. The van der Waals surface area contributed by atoms with Crippen molar-refractivity contribution in [2.75, 3.05) is 6.61 Å². The Balaban J connectivity index is 1.62. The van der Waals surface area contributed by atoms with Crippen LogP contribution in [0.5, 0.6) is 5.88 Å². The van der Waals surface area contributed by atoms with Crippen molar-refractivity contribution in [1.82, 2.24) is 9.38 Å². The average Bonchev–Trinajstić information content (AvgIpc) is 3.51. The van der Waals surface area contributed by atoms with Crippen molar-refractivity contribution < 1.29 is 14.3 Å². The number of nitriles is 1. The van der Waals surface area contributed by atoms with Crippen LogP contribution in [0.4, 0.5) is 0 Å². The molecule has 1 saturated carbocycles. The van der Waals surface area contributed by atoms with Gasteiger partial charge in [-0.1, -0.05) is 36.4 Å². The lowest BCUT2D eigenvalue weighted by Gasteiger charge is -2.06. The van der Waals surface area contributed by atoms with Crippen LogP contribution < -0.4 is 4.74 Å². The number of hydrogen-bond acceptors (Lipinski definition) is 5. The number of esters is 1. The predicted octanol–water partition coefficient (Wildman–Crippen LogP) is 4.08. The molecule has 4 rings (SSSR count). The molecule has 0 spiro atoms. The van der Waals surface area contributed by atoms with Gasteiger partial charge in [-0.25, -0.2) is 4.79 Å². The summed E-state index contributed by atoms with van der Waals surface area (Å²) in [6.45, 7) is 2.65. The van der Waals surface area contributed by atoms with E-state index in [0.717, 1.165) is 29.6 Å². The standard InChI is InChI=1S/C23H21N3O3/c1-16-6-5-11-26-20(22(25-21(16)26)28-14-18-9-10-18)12-19(13-24)23(27)29-15-17-7-3-2-4-8-17/h2-8,11-12,18H,9-10,14-15H2,1H3/b19-12-. The molecule has 2 heterocycles. The highest BCUT2D eigenvalue weighted by Gasteiger charge is 2.24. The second-order valence-electron chi connectivity index (χ2n) is 7.17. The second-order valence-corrected chi connectivity index (χ2v) is 7.17. The molecule has 0 atom stereocenters. The molecule has 6 heteroatoms. The van der Waals surface area contributed by atoms with Gasteiger partial charge in [0, 0.05) is 6.20 Å². The van der Waals surface area contributed by atoms with Gasteiger partial charge >= 0.3 is 5.97 Å². The lowest BCUT2D eigenvalue weighted by atomic mass is 10.2. The van der Waals surface area contributed by atoms with Crippen LogP contribution in [-0.2, 0) is 16.1 Å². The smallest absolute Gasteiger partial charge is 0.349 e. The van der Waals surface area contributed by atoms with Crippen LogP contribution in [0.15, 0.2) is 54.2 Å². The number of rotatable bonds is 7. The number of benzene rings is 1. The largest absolute Gasteiger partial charge is 0.476 e. The van der Waals surface area contributed by atoms with Gasteiger partial charge in [-0.3, -0.25) is 4.40 Å². The number of aryl methyl sites for hydroxylation is 1. The molecule has 1 aliphatic carbocycles. The SMILES string of the molecule is Cc1cccn2c(/C=C(/C#N)C(=O)OCc3ccccc3)c(OCC3CC3)nc12. The molecule has 2 aromatic heterocycles. The molecule has 1 aromatic carbocycles. The molecule has 0 radical (unpaired) electrons. The number of fused-ring (bicyclic) bond motifs is 1. The Morgan fingerprint density at radius 1 is 1.28 bits per heavy atom. The zero-order chi connectivity index (χ0) is 20.2. The Bertz CT molecular complexity index is 1110. The Kier molecular flexibility index (Phi) is 5.30. The van der Waals surface area contributed by atoms with Crippen molar-refractivity contribution in [2.45, 2.75) is 26.4 Å². The summed E-state index contributed by atoms with van der Waals surface area (Å²) in [5.74, 6) is 0.311. The lowest BCUT2D eigenvalue weighted by Crippen LogP contribution is -2.07. The van der Waals surface area contributed by atoms with Crippen molar-refractivity contribution in [3.8, 4) is 11.9 Å². The first-order valence-corrected chi connectivity index (χ1v) is 9.59. The molecule has 29 heavy (non-hydrogen) atoms. The van der Waals surface area contributed by atoms with Crippen LogP contribution in [0, 0.1) is 24.2 Å². The van der Waals surface area contributed by atoms with Gasteiger partial charge in [-0.05, 0) is 49.0 Å². The Hall–Kier alpha value is -3.59. The maximum Gasteiger partial charge on any atom is 0.349 e. The summed E-state index contributed by atoms with van der Waals surface area (Å²) >= 11 is 0. The molecule has 6 nitrogen and oxygen atoms in total. The number of nitrogens with zero attached hydrogens (tertiary/aromatic N) is 3. The summed E-state index contributed by atoms with van der Waals surface area (Å²) in [4.78, 5) is 17.1. The fourth-order valence-corrected chi connectivity index (χ4v) is 2.99. The fraction of sp³-hybridized carbons (Fsp3) is 0.261. The molecule has 3 aromatic rings. The molecule has 0 unspecified atom stereocenters. The average molecular weight is 387 g/mol. The van der Waals surface area contributed by atoms with Crippen molar-refractivity contribution in [3.63, 3.8) is 0 Å². The van der Waals surface area contributed by atoms with E-state index in [1.807, 2.05) is 66.1 Å². The van der Waals surface area contributed by atoms with Gasteiger partial charge in [0.15, 0.2) is 0 Å². The van der Waals surface area contributed by atoms with E-state index in [9.17, 15) is 10.1 Å². The maximum atomic E-state index is 12.5. The monoisotopic (exact) mass is 387 g/mol. The number of hydrogen-bond donors (Lipinski definition) is 0. The van der Waals surface area contributed by atoms with Gasteiger partial charge in [0.2, 0.25) is 5.88 Å². The summed E-state index contributed by atoms with van der Waals surface area (Å²) in [5.41, 5.74) is 3.04. The second kappa shape index (κ2) is 8.19. The molecule has 0 aliphatic heterocycles. The highest BCUT2D eigenvalue weighted by Crippen LogP contribution is 2.31. The molecule has 1 aliphatic rings. The molecule has 0 amide bonds. The summed E-state index contributed by atoms with van der Waals surface area (Å²) in [6, 6.07) is 15.2. The van der Waals surface area contributed by atoms with Crippen LogP contribution in [0.3, 0.4) is 0 Å². The predicted molar refractivity (Wildman–Crippen MR) is 108 cm³/mol. The summed E-state index contributed by atoms with van der Waals surface area (Å²) < 4.78 is 13.1. The van der Waals surface area contributed by atoms with E-state index < -0.39 is 5.97 Å². The topological polar surface area (TPSA) is 76.6 Å². The Labute approximate surface area is 169 Å². The number of imidazole rings is 1. The van der Waals surface area contributed by atoms with Crippen LogP contribution in [0.1, 0.15) is 29.7 Å². The van der Waals surface area contributed by atoms with Crippen molar-refractivity contribution in [2.24, 2.45) is 5.92 Å². The highest BCUT2D eigenvalue weighted by molar-refractivity contribution is 5.98. The quantitative estimate of drug-likeness (QED) is 0.347. The molecule has 146 valence electrons. The maximum absolute atomic E-state index is 12.5. The molecule has 1 fully saturated rings. The normalized spacial score (nSPS) is 13.9. The zero-order valence-electron chi connectivity index (χ0n) is 16.2. The van der Waals surface area contributed by atoms with Gasteiger partial charge < -0.3 is 9.47 Å². The van der Waals surface area contributed by atoms with Gasteiger partial charge in [-0.2, -0.15) is 10.2 Å². The van der Waals surface area contributed by atoms with E-state index in [1.54, 1.807) is 0 Å².